The number of allylic oxidation sites excluding steroid dienone is 1. The number of carbonyl (C=O) groups is 1. The van der Waals surface area contributed by atoms with Gasteiger partial charge in [-0.2, -0.15) is 0 Å². The fourth-order valence-electron chi connectivity index (χ4n) is 3.05. The number of methoxy groups -OCH3 is 1. The lowest BCUT2D eigenvalue weighted by Crippen LogP contribution is -2.47. The van der Waals surface area contributed by atoms with Gasteiger partial charge in [0.25, 0.3) is 0 Å². The van der Waals surface area contributed by atoms with Gasteiger partial charge in [-0.05, 0) is 42.4 Å². The van der Waals surface area contributed by atoms with Gasteiger partial charge in [0.15, 0.2) is 5.11 Å². The molecule has 0 saturated heterocycles. The zero-order valence-corrected chi connectivity index (χ0v) is 16.1. The molecule has 0 aliphatic carbocycles. The zero-order chi connectivity index (χ0) is 18.7. The van der Waals surface area contributed by atoms with E-state index in [1.54, 1.807) is 6.07 Å². The van der Waals surface area contributed by atoms with Gasteiger partial charge in [0.2, 0.25) is 0 Å². The van der Waals surface area contributed by atoms with Crippen molar-refractivity contribution < 1.29 is 9.53 Å². The molecule has 4 nitrogen and oxygen atoms in total. The molecule has 1 unspecified atom stereocenters. The largest absolute Gasteiger partial charge is 0.466 e. The van der Waals surface area contributed by atoms with Crippen molar-refractivity contribution in [3.63, 3.8) is 0 Å². The number of esters is 1. The Morgan fingerprint density at radius 3 is 2.62 bits per heavy atom. The van der Waals surface area contributed by atoms with E-state index < -0.39 is 6.04 Å². The first-order valence-electron chi connectivity index (χ1n) is 8.17. The fraction of sp³-hybridized carbons (Fsp3) is 0.200. The first-order chi connectivity index (χ1) is 12.5. The van der Waals surface area contributed by atoms with Crippen molar-refractivity contribution in [1.82, 2.24) is 10.2 Å². The third-order valence-corrected chi connectivity index (χ3v) is 4.94. The second kappa shape index (κ2) is 7.89. The minimum Gasteiger partial charge on any atom is -0.466 e. The molecule has 0 aromatic heterocycles. The predicted octanol–water partition coefficient (Wildman–Crippen LogP) is 4.22. The first kappa shape index (κ1) is 18.4. The second-order valence-electron chi connectivity index (χ2n) is 6.00. The third kappa shape index (κ3) is 3.74. The average Bonchev–Trinajstić information content (AvgIpc) is 2.65. The molecule has 0 fully saturated rings. The summed E-state index contributed by atoms with van der Waals surface area (Å²) in [6, 6.07) is 16.9. The van der Waals surface area contributed by atoms with Crippen LogP contribution in [0.1, 0.15) is 24.1 Å². The number of nitrogens with zero attached hydrogens (tertiary/aromatic N) is 1. The van der Waals surface area contributed by atoms with Crippen LogP contribution in [0.3, 0.4) is 0 Å². The molecule has 6 heteroatoms. The number of carbonyl (C=O) groups excluding carboxylic acids is 1. The highest BCUT2D eigenvalue weighted by Crippen LogP contribution is 2.33. The van der Waals surface area contributed by atoms with Crippen LogP contribution in [-0.4, -0.2) is 23.1 Å². The number of hydrogen-bond donors (Lipinski definition) is 1. The third-order valence-electron chi connectivity index (χ3n) is 4.37. The van der Waals surface area contributed by atoms with Gasteiger partial charge < -0.3 is 15.0 Å². The number of hydrogen-bond acceptors (Lipinski definition) is 3. The van der Waals surface area contributed by atoms with E-state index in [9.17, 15) is 4.79 Å². The van der Waals surface area contributed by atoms with Crippen molar-refractivity contribution in [3.05, 3.63) is 82.0 Å². The van der Waals surface area contributed by atoms with E-state index in [0.29, 0.717) is 22.3 Å². The number of ether oxygens (including phenoxy) is 1. The molecular weight excluding hydrogens is 368 g/mol. The van der Waals surface area contributed by atoms with Crippen LogP contribution in [0.2, 0.25) is 5.02 Å². The molecule has 134 valence electrons. The Labute approximate surface area is 163 Å². The summed E-state index contributed by atoms with van der Waals surface area (Å²) in [4.78, 5) is 14.4. The van der Waals surface area contributed by atoms with Crippen LogP contribution >= 0.6 is 23.8 Å². The molecule has 3 rings (SSSR count). The molecule has 1 heterocycles. The van der Waals surface area contributed by atoms with Gasteiger partial charge in [-0.15, -0.1) is 0 Å². The molecule has 2 aromatic carbocycles. The normalized spacial score (nSPS) is 17.1. The van der Waals surface area contributed by atoms with Crippen molar-refractivity contribution in [2.24, 2.45) is 0 Å². The Kier molecular flexibility index (Phi) is 5.59. The van der Waals surface area contributed by atoms with Gasteiger partial charge in [0.05, 0.1) is 18.7 Å². The van der Waals surface area contributed by atoms with Crippen molar-refractivity contribution in [2.45, 2.75) is 19.5 Å². The van der Waals surface area contributed by atoms with Crippen molar-refractivity contribution in [1.29, 1.82) is 0 Å². The van der Waals surface area contributed by atoms with Crippen molar-refractivity contribution in [2.75, 3.05) is 7.11 Å². The summed E-state index contributed by atoms with van der Waals surface area (Å²) in [7, 11) is 1.38. The van der Waals surface area contributed by atoms with E-state index in [4.69, 9.17) is 28.6 Å². The summed E-state index contributed by atoms with van der Waals surface area (Å²) < 4.78 is 5.04. The first-order valence-corrected chi connectivity index (χ1v) is 8.96. The number of halogens is 1. The highest BCUT2D eigenvalue weighted by Gasteiger charge is 2.34. The Hall–Kier alpha value is -2.37. The minimum absolute atomic E-state index is 0.388. The van der Waals surface area contributed by atoms with Crippen LogP contribution in [0, 0.1) is 0 Å². The van der Waals surface area contributed by atoms with Crippen LogP contribution < -0.4 is 5.32 Å². The molecule has 1 aliphatic heterocycles. The second-order valence-corrected chi connectivity index (χ2v) is 6.82. The Morgan fingerprint density at radius 1 is 1.23 bits per heavy atom. The Morgan fingerprint density at radius 2 is 1.96 bits per heavy atom. The maximum Gasteiger partial charge on any atom is 0.337 e. The summed E-state index contributed by atoms with van der Waals surface area (Å²) in [6.45, 7) is 2.46. The van der Waals surface area contributed by atoms with Crippen LogP contribution in [-0.2, 0) is 16.1 Å². The van der Waals surface area contributed by atoms with Gasteiger partial charge in [-0.1, -0.05) is 54.1 Å². The van der Waals surface area contributed by atoms with Crippen LogP contribution in [0.25, 0.3) is 0 Å². The lowest BCUT2D eigenvalue weighted by Gasteiger charge is -2.37. The molecule has 0 bridgehead atoms. The van der Waals surface area contributed by atoms with E-state index in [1.165, 1.54) is 7.11 Å². The quantitative estimate of drug-likeness (QED) is 0.629. The number of benzene rings is 2. The fourth-order valence-corrected chi connectivity index (χ4v) is 3.57. The summed E-state index contributed by atoms with van der Waals surface area (Å²) in [5.74, 6) is -0.388. The Bertz CT molecular complexity index is 867. The molecular formula is C20H19ClN2O2S. The molecule has 1 aliphatic rings. The summed E-state index contributed by atoms with van der Waals surface area (Å²) >= 11 is 11.7. The van der Waals surface area contributed by atoms with E-state index in [-0.39, 0.29) is 5.97 Å². The highest BCUT2D eigenvalue weighted by atomic mass is 35.5. The number of thiocarbonyl (C=S) groups is 1. The molecule has 0 radical (unpaired) electrons. The van der Waals surface area contributed by atoms with Gasteiger partial charge in [0, 0.05) is 17.3 Å². The highest BCUT2D eigenvalue weighted by molar-refractivity contribution is 7.80. The SMILES string of the molecule is COC(=O)C1=C(C)N(Cc2ccccc2)C(=S)NC1c1cccc(Cl)c1. The van der Waals surface area contributed by atoms with Gasteiger partial charge in [-0.3, -0.25) is 0 Å². The lowest BCUT2D eigenvalue weighted by molar-refractivity contribution is -0.136. The van der Waals surface area contributed by atoms with Crippen LogP contribution in [0.5, 0.6) is 0 Å². The molecule has 0 amide bonds. The predicted molar refractivity (Wildman–Crippen MR) is 107 cm³/mol. The smallest absolute Gasteiger partial charge is 0.337 e. The van der Waals surface area contributed by atoms with Gasteiger partial charge in [-0.25, -0.2) is 4.79 Å². The minimum atomic E-state index is -0.402. The van der Waals surface area contributed by atoms with Gasteiger partial charge in [0.1, 0.15) is 0 Å². The molecule has 1 atom stereocenters. The monoisotopic (exact) mass is 386 g/mol. The van der Waals surface area contributed by atoms with E-state index in [2.05, 4.69) is 5.32 Å². The van der Waals surface area contributed by atoms with E-state index in [1.807, 2.05) is 60.4 Å². The average molecular weight is 387 g/mol. The molecule has 0 saturated carbocycles. The van der Waals surface area contributed by atoms with E-state index in [0.717, 1.165) is 16.8 Å². The molecule has 26 heavy (non-hydrogen) atoms. The van der Waals surface area contributed by atoms with Crippen molar-refractivity contribution in [3.8, 4) is 0 Å². The van der Waals surface area contributed by atoms with E-state index >= 15 is 0 Å². The Balaban J connectivity index is 2.03. The summed E-state index contributed by atoms with van der Waals surface area (Å²) in [6.07, 6.45) is 0. The van der Waals surface area contributed by atoms with Crippen molar-refractivity contribution >= 4 is 34.9 Å². The summed E-state index contributed by atoms with van der Waals surface area (Å²) in [5, 5.41) is 4.43. The maximum absolute atomic E-state index is 12.5. The van der Waals surface area contributed by atoms with Crippen LogP contribution in [0.15, 0.2) is 65.9 Å². The van der Waals surface area contributed by atoms with Gasteiger partial charge >= 0.3 is 5.97 Å². The molecule has 1 N–H and O–H groups in total. The number of rotatable bonds is 4. The zero-order valence-electron chi connectivity index (χ0n) is 14.5. The molecule has 0 spiro atoms. The van der Waals surface area contributed by atoms with Crippen LogP contribution in [0.4, 0.5) is 0 Å². The lowest BCUT2D eigenvalue weighted by atomic mass is 9.95. The number of nitrogens with one attached hydrogen (secondary N) is 1. The molecule has 2 aromatic rings. The topological polar surface area (TPSA) is 41.6 Å². The standard InChI is InChI=1S/C20H19ClN2O2S/c1-13-17(19(24)25-2)18(15-9-6-10-16(21)11-15)22-20(26)23(13)12-14-7-4-3-5-8-14/h3-11,18H,12H2,1-2H3,(H,22,26). The maximum atomic E-state index is 12.5. The summed E-state index contributed by atoms with van der Waals surface area (Å²) in [5.41, 5.74) is 3.26.